The number of carbonyl (C=O) groups excluding carboxylic acids is 1. The minimum atomic E-state index is -0.302. The summed E-state index contributed by atoms with van der Waals surface area (Å²) in [5.41, 5.74) is 1.56. The Morgan fingerprint density at radius 2 is 2.04 bits per heavy atom. The van der Waals surface area contributed by atoms with Crippen molar-refractivity contribution in [1.82, 2.24) is 4.98 Å². The van der Waals surface area contributed by atoms with Gasteiger partial charge in [-0.25, -0.2) is 4.98 Å². The second-order valence-corrected chi connectivity index (χ2v) is 6.00. The molecular formula is C16H10ClN3O2S. The highest BCUT2D eigenvalue weighted by atomic mass is 35.5. The van der Waals surface area contributed by atoms with Crippen molar-refractivity contribution in [3.63, 3.8) is 0 Å². The van der Waals surface area contributed by atoms with Crippen LogP contribution in [-0.4, -0.2) is 18.0 Å². The van der Waals surface area contributed by atoms with Crippen molar-refractivity contribution in [2.24, 2.45) is 0 Å². The average molecular weight is 344 g/mol. The standard InChI is InChI=1S/C16H10ClN3O2S/c1-22-12-7-6-11(17)14-13(12)19-16(23-14)20-15(21)10-4-2-9(8-18)3-5-10/h2-7H,1H3,(H,19,20,21). The van der Waals surface area contributed by atoms with E-state index in [1.165, 1.54) is 11.3 Å². The number of anilines is 1. The number of nitrogens with one attached hydrogen (secondary N) is 1. The molecule has 0 fully saturated rings. The van der Waals surface area contributed by atoms with Gasteiger partial charge in [0.25, 0.3) is 5.91 Å². The van der Waals surface area contributed by atoms with Crippen LogP contribution < -0.4 is 10.1 Å². The van der Waals surface area contributed by atoms with Crippen LogP contribution in [0, 0.1) is 11.3 Å². The van der Waals surface area contributed by atoms with Gasteiger partial charge in [-0.3, -0.25) is 10.1 Å². The maximum Gasteiger partial charge on any atom is 0.257 e. The van der Waals surface area contributed by atoms with Crippen LogP contribution >= 0.6 is 22.9 Å². The Morgan fingerprint density at radius 1 is 1.30 bits per heavy atom. The molecule has 0 spiro atoms. The Morgan fingerprint density at radius 3 is 2.70 bits per heavy atom. The van der Waals surface area contributed by atoms with Gasteiger partial charge in [-0.1, -0.05) is 22.9 Å². The SMILES string of the molecule is COc1ccc(Cl)c2sc(NC(=O)c3ccc(C#N)cc3)nc12. The van der Waals surface area contributed by atoms with E-state index in [0.717, 1.165) is 4.70 Å². The van der Waals surface area contributed by atoms with Crippen LogP contribution in [0.5, 0.6) is 5.75 Å². The number of fused-ring (bicyclic) bond motifs is 1. The molecule has 0 saturated carbocycles. The van der Waals surface area contributed by atoms with Gasteiger partial charge in [0.05, 0.1) is 28.5 Å². The van der Waals surface area contributed by atoms with Crippen LogP contribution in [-0.2, 0) is 0 Å². The molecule has 0 atom stereocenters. The summed E-state index contributed by atoms with van der Waals surface area (Å²) in [6.07, 6.45) is 0. The molecule has 0 aliphatic heterocycles. The zero-order chi connectivity index (χ0) is 16.4. The normalized spacial score (nSPS) is 10.3. The van der Waals surface area contributed by atoms with E-state index in [0.29, 0.717) is 32.5 Å². The second kappa shape index (κ2) is 6.24. The number of benzene rings is 2. The summed E-state index contributed by atoms with van der Waals surface area (Å²) >= 11 is 7.43. The Hall–Kier alpha value is -2.62. The lowest BCUT2D eigenvalue weighted by atomic mass is 10.1. The van der Waals surface area contributed by atoms with Gasteiger partial charge in [0.2, 0.25) is 0 Å². The van der Waals surface area contributed by atoms with Crippen molar-refractivity contribution in [3.05, 3.63) is 52.5 Å². The average Bonchev–Trinajstić information content (AvgIpc) is 3.00. The Bertz CT molecular complexity index is 929. The number of methoxy groups -OCH3 is 1. The Labute approximate surface area is 141 Å². The zero-order valence-electron chi connectivity index (χ0n) is 12.0. The molecular weight excluding hydrogens is 334 g/mol. The number of nitriles is 1. The molecule has 0 unspecified atom stereocenters. The molecule has 3 aromatic rings. The predicted molar refractivity (Wildman–Crippen MR) is 90.3 cm³/mol. The first kappa shape index (κ1) is 15.3. The third-order valence-corrected chi connectivity index (χ3v) is 4.61. The summed E-state index contributed by atoms with van der Waals surface area (Å²) < 4.78 is 6.00. The molecule has 23 heavy (non-hydrogen) atoms. The van der Waals surface area contributed by atoms with Gasteiger partial charge >= 0.3 is 0 Å². The van der Waals surface area contributed by atoms with Crippen molar-refractivity contribution in [1.29, 1.82) is 5.26 Å². The fourth-order valence-corrected chi connectivity index (χ4v) is 3.19. The Balaban J connectivity index is 1.90. The van der Waals surface area contributed by atoms with Gasteiger partial charge in [-0.05, 0) is 36.4 Å². The zero-order valence-corrected chi connectivity index (χ0v) is 13.5. The molecule has 7 heteroatoms. The second-order valence-electron chi connectivity index (χ2n) is 4.59. The maximum atomic E-state index is 12.2. The third-order valence-electron chi connectivity index (χ3n) is 3.18. The number of thiazole rings is 1. The number of ether oxygens (including phenoxy) is 1. The quantitative estimate of drug-likeness (QED) is 0.777. The van der Waals surface area contributed by atoms with Gasteiger partial charge in [0.15, 0.2) is 5.13 Å². The van der Waals surface area contributed by atoms with Gasteiger partial charge in [-0.2, -0.15) is 5.26 Å². The fourth-order valence-electron chi connectivity index (χ4n) is 2.04. The van der Waals surface area contributed by atoms with Crippen LogP contribution in [0.2, 0.25) is 5.02 Å². The number of aromatic nitrogens is 1. The number of hydrogen-bond donors (Lipinski definition) is 1. The molecule has 0 saturated heterocycles. The van der Waals surface area contributed by atoms with E-state index in [4.69, 9.17) is 21.6 Å². The van der Waals surface area contributed by atoms with Gasteiger partial charge < -0.3 is 4.74 Å². The van der Waals surface area contributed by atoms with Gasteiger partial charge in [0, 0.05) is 5.56 Å². The first-order valence-electron chi connectivity index (χ1n) is 6.57. The molecule has 1 N–H and O–H groups in total. The molecule has 1 aromatic heterocycles. The molecule has 0 aliphatic rings. The lowest BCUT2D eigenvalue weighted by Crippen LogP contribution is -2.11. The van der Waals surface area contributed by atoms with E-state index in [-0.39, 0.29) is 5.91 Å². The summed E-state index contributed by atoms with van der Waals surface area (Å²) in [6, 6.07) is 11.8. The first-order valence-corrected chi connectivity index (χ1v) is 7.76. The van der Waals surface area contributed by atoms with E-state index in [9.17, 15) is 4.79 Å². The van der Waals surface area contributed by atoms with Crippen molar-refractivity contribution in [2.75, 3.05) is 12.4 Å². The smallest absolute Gasteiger partial charge is 0.257 e. The highest BCUT2D eigenvalue weighted by molar-refractivity contribution is 7.23. The number of hydrogen-bond acceptors (Lipinski definition) is 5. The van der Waals surface area contributed by atoms with E-state index in [1.54, 1.807) is 43.5 Å². The number of carbonyl (C=O) groups is 1. The number of halogens is 1. The molecule has 3 rings (SSSR count). The lowest BCUT2D eigenvalue weighted by Gasteiger charge is -2.01. The van der Waals surface area contributed by atoms with Crippen LogP contribution in [0.4, 0.5) is 5.13 Å². The molecule has 2 aromatic carbocycles. The molecule has 1 amide bonds. The van der Waals surface area contributed by atoms with E-state index in [1.807, 2.05) is 6.07 Å². The molecule has 0 bridgehead atoms. The van der Waals surface area contributed by atoms with Crippen LogP contribution in [0.15, 0.2) is 36.4 Å². The van der Waals surface area contributed by atoms with Crippen LogP contribution in [0.1, 0.15) is 15.9 Å². The maximum absolute atomic E-state index is 12.2. The fraction of sp³-hybridized carbons (Fsp3) is 0.0625. The largest absolute Gasteiger partial charge is 0.494 e. The van der Waals surface area contributed by atoms with Crippen LogP contribution in [0.25, 0.3) is 10.2 Å². The summed E-state index contributed by atoms with van der Waals surface area (Å²) in [4.78, 5) is 16.6. The topological polar surface area (TPSA) is 75.0 Å². The monoisotopic (exact) mass is 343 g/mol. The molecule has 0 radical (unpaired) electrons. The van der Waals surface area contributed by atoms with Gasteiger partial charge in [-0.15, -0.1) is 0 Å². The number of rotatable bonds is 3. The molecule has 0 aliphatic carbocycles. The minimum absolute atomic E-state index is 0.302. The van der Waals surface area contributed by atoms with E-state index >= 15 is 0 Å². The van der Waals surface area contributed by atoms with Crippen molar-refractivity contribution >= 4 is 44.2 Å². The number of amides is 1. The van der Waals surface area contributed by atoms with Gasteiger partial charge in [0.1, 0.15) is 11.3 Å². The first-order chi connectivity index (χ1) is 11.1. The van der Waals surface area contributed by atoms with E-state index < -0.39 is 0 Å². The highest BCUT2D eigenvalue weighted by Gasteiger charge is 2.14. The minimum Gasteiger partial charge on any atom is -0.494 e. The lowest BCUT2D eigenvalue weighted by molar-refractivity contribution is 0.102. The van der Waals surface area contributed by atoms with Crippen molar-refractivity contribution in [2.45, 2.75) is 0 Å². The summed E-state index contributed by atoms with van der Waals surface area (Å²) in [5.74, 6) is 0.295. The summed E-state index contributed by atoms with van der Waals surface area (Å²) in [6.45, 7) is 0. The van der Waals surface area contributed by atoms with Crippen molar-refractivity contribution < 1.29 is 9.53 Å². The summed E-state index contributed by atoms with van der Waals surface area (Å²) in [5, 5.41) is 12.5. The molecule has 114 valence electrons. The molecule has 1 heterocycles. The third kappa shape index (κ3) is 2.97. The summed E-state index contributed by atoms with van der Waals surface area (Å²) in [7, 11) is 1.55. The predicted octanol–water partition coefficient (Wildman–Crippen LogP) is 4.08. The molecule has 5 nitrogen and oxygen atoms in total. The number of nitrogens with zero attached hydrogens (tertiary/aromatic N) is 2. The van der Waals surface area contributed by atoms with E-state index in [2.05, 4.69) is 10.3 Å². The van der Waals surface area contributed by atoms with Crippen LogP contribution in [0.3, 0.4) is 0 Å². The Kier molecular flexibility index (Phi) is 4.15. The highest BCUT2D eigenvalue weighted by Crippen LogP contribution is 2.37. The van der Waals surface area contributed by atoms with Crippen molar-refractivity contribution in [3.8, 4) is 11.8 Å².